The predicted octanol–water partition coefficient (Wildman–Crippen LogP) is 0.0909. The molecule has 0 bridgehead atoms. The van der Waals surface area contributed by atoms with Crippen LogP contribution < -0.4 is 0 Å². The van der Waals surface area contributed by atoms with Crippen molar-refractivity contribution in [2.75, 3.05) is 6.54 Å². The number of nitrogens with one attached hydrogen (secondary N) is 1. The van der Waals surface area contributed by atoms with Gasteiger partial charge in [0.1, 0.15) is 6.33 Å². The van der Waals surface area contributed by atoms with Crippen molar-refractivity contribution in [3.63, 3.8) is 0 Å². The van der Waals surface area contributed by atoms with Gasteiger partial charge in [0.2, 0.25) is 0 Å². The lowest BCUT2D eigenvalue weighted by molar-refractivity contribution is 0.326. The van der Waals surface area contributed by atoms with Crippen molar-refractivity contribution in [2.45, 2.75) is 20.0 Å². The quantitative estimate of drug-likeness (QED) is 0.438. The molecule has 0 unspecified atom stereocenters. The molecule has 0 radical (unpaired) electrons. The molecule has 0 spiro atoms. The highest BCUT2D eigenvalue weighted by atomic mass is 15.3. The second-order valence-electron chi connectivity index (χ2n) is 2.95. The van der Waals surface area contributed by atoms with Crippen LogP contribution >= 0.6 is 0 Å². The number of fused-ring (bicyclic) bond motifs is 1. The molecule has 1 aromatic heterocycles. The largest absolute Gasteiger partial charge is 0.351 e. The molecule has 0 fully saturated rings. The van der Waals surface area contributed by atoms with Gasteiger partial charge in [0.25, 0.3) is 0 Å². The third-order valence-corrected chi connectivity index (χ3v) is 2.11. The fourth-order valence-corrected chi connectivity index (χ4v) is 1.35. The first-order valence-electron chi connectivity index (χ1n) is 3.94. The molecule has 0 amide bonds. The highest BCUT2D eigenvalue weighted by Crippen LogP contribution is 2.08. The number of nitrogens with zero attached hydrogens (tertiary/aromatic N) is 4. The Balaban J connectivity index is 2.20. The van der Waals surface area contributed by atoms with Gasteiger partial charge in [-0.15, -0.1) is 10.2 Å². The van der Waals surface area contributed by atoms with Crippen LogP contribution in [0.25, 0.3) is 0 Å². The summed E-state index contributed by atoms with van der Waals surface area (Å²) >= 11 is 0. The highest BCUT2D eigenvalue weighted by molar-refractivity contribution is 5.76. The van der Waals surface area contributed by atoms with Gasteiger partial charge in [-0.25, -0.2) is 0 Å². The Morgan fingerprint density at radius 1 is 1.58 bits per heavy atom. The number of aromatic nitrogens is 3. The van der Waals surface area contributed by atoms with E-state index in [0.717, 1.165) is 25.5 Å². The van der Waals surface area contributed by atoms with E-state index >= 15 is 0 Å². The average molecular weight is 165 g/mol. The number of hydrogen-bond donors (Lipinski definition) is 1. The molecule has 5 nitrogen and oxygen atoms in total. The molecule has 1 N–H and O–H groups in total. The van der Waals surface area contributed by atoms with Gasteiger partial charge in [0.05, 0.1) is 12.4 Å². The van der Waals surface area contributed by atoms with E-state index in [4.69, 9.17) is 5.41 Å². The number of amidine groups is 1. The molecular weight excluding hydrogens is 154 g/mol. The highest BCUT2D eigenvalue weighted by Gasteiger charge is 2.16. The van der Waals surface area contributed by atoms with Gasteiger partial charge in [0.15, 0.2) is 5.82 Å². The molecule has 2 heterocycles. The van der Waals surface area contributed by atoms with Crippen molar-refractivity contribution in [1.29, 1.82) is 5.41 Å². The minimum absolute atomic E-state index is 0.601. The van der Waals surface area contributed by atoms with Gasteiger partial charge in [-0.1, -0.05) is 0 Å². The van der Waals surface area contributed by atoms with E-state index in [1.54, 1.807) is 13.3 Å². The van der Waals surface area contributed by atoms with Gasteiger partial charge >= 0.3 is 0 Å². The van der Waals surface area contributed by atoms with Crippen LogP contribution in [0.4, 0.5) is 0 Å². The van der Waals surface area contributed by atoms with Crippen LogP contribution in [0.3, 0.4) is 0 Å². The van der Waals surface area contributed by atoms with Crippen molar-refractivity contribution in [1.82, 2.24) is 19.7 Å². The van der Waals surface area contributed by atoms with Gasteiger partial charge in [-0.3, -0.25) is 5.41 Å². The monoisotopic (exact) mass is 165 g/mol. The SMILES string of the molecule is CC(=N)N1CCn2cnnc2C1. The van der Waals surface area contributed by atoms with Gasteiger partial charge < -0.3 is 9.47 Å². The summed E-state index contributed by atoms with van der Waals surface area (Å²) in [5, 5.41) is 15.2. The second-order valence-corrected chi connectivity index (χ2v) is 2.95. The molecule has 1 aliphatic heterocycles. The van der Waals surface area contributed by atoms with Crippen molar-refractivity contribution in [3.05, 3.63) is 12.2 Å². The first-order chi connectivity index (χ1) is 5.77. The van der Waals surface area contributed by atoms with Crippen LogP contribution in [0, 0.1) is 5.41 Å². The minimum atomic E-state index is 0.601. The topological polar surface area (TPSA) is 57.8 Å². The van der Waals surface area contributed by atoms with Crippen molar-refractivity contribution >= 4 is 5.84 Å². The minimum Gasteiger partial charge on any atom is -0.351 e. The summed E-state index contributed by atoms with van der Waals surface area (Å²) in [6.07, 6.45) is 1.74. The van der Waals surface area contributed by atoms with Crippen molar-refractivity contribution in [2.24, 2.45) is 0 Å². The van der Waals surface area contributed by atoms with E-state index in [1.807, 2.05) is 9.47 Å². The van der Waals surface area contributed by atoms with Crippen molar-refractivity contribution in [3.8, 4) is 0 Å². The van der Waals surface area contributed by atoms with Crippen LogP contribution in [-0.2, 0) is 13.1 Å². The molecule has 2 rings (SSSR count). The predicted molar refractivity (Wildman–Crippen MR) is 43.8 cm³/mol. The average Bonchev–Trinajstić information content (AvgIpc) is 2.49. The maximum atomic E-state index is 7.45. The molecular formula is C7H11N5. The van der Waals surface area contributed by atoms with E-state index in [-0.39, 0.29) is 0 Å². The Morgan fingerprint density at radius 3 is 3.17 bits per heavy atom. The van der Waals surface area contributed by atoms with E-state index in [2.05, 4.69) is 10.2 Å². The lowest BCUT2D eigenvalue weighted by Crippen LogP contribution is -2.36. The molecule has 1 aliphatic rings. The third kappa shape index (κ3) is 1.07. The van der Waals surface area contributed by atoms with E-state index in [0.29, 0.717) is 5.84 Å². The standard InChI is InChI=1S/C7H11N5/c1-6(8)11-2-3-12-5-9-10-7(12)4-11/h5,8H,2-4H2,1H3. The van der Waals surface area contributed by atoms with E-state index in [1.165, 1.54) is 0 Å². The zero-order valence-corrected chi connectivity index (χ0v) is 6.99. The molecule has 0 saturated carbocycles. The molecule has 0 saturated heterocycles. The molecule has 0 aliphatic carbocycles. The van der Waals surface area contributed by atoms with Crippen LogP contribution in [0.15, 0.2) is 6.33 Å². The molecule has 64 valence electrons. The number of rotatable bonds is 0. The molecule has 0 aromatic carbocycles. The lowest BCUT2D eigenvalue weighted by Gasteiger charge is -2.27. The summed E-state index contributed by atoms with van der Waals surface area (Å²) in [4.78, 5) is 1.99. The summed E-state index contributed by atoms with van der Waals surface area (Å²) in [5.41, 5.74) is 0. The van der Waals surface area contributed by atoms with Crippen molar-refractivity contribution < 1.29 is 0 Å². The van der Waals surface area contributed by atoms with Crippen LogP contribution in [0.5, 0.6) is 0 Å². The Kier molecular flexibility index (Phi) is 1.56. The van der Waals surface area contributed by atoms with Gasteiger partial charge in [-0.2, -0.15) is 0 Å². The van der Waals surface area contributed by atoms with Crippen LogP contribution in [0.2, 0.25) is 0 Å². The second kappa shape index (κ2) is 2.58. The zero-order valence-electron chi connectivity index (χ0n) is 6.99. The fourth-order valence-electron chi connectivity index (χ4n) is 1.35. The third-order valence-electron chi connectivity index (χ3n) is 2.11. The van der Waals surface area contributed by atoms with Gasteiger partial charge in [0, 0.05) is 13.1 Å². The van der Waals surface area contributed by atoms with Crippen LogP contribution in [-0.4, -0.2) is 32.0 Å². The summed E-state index contributed by atoms with van der Waals surface area (Å²) in [6.45, 7) is 4.29. The molecule has 0 atom stereocenters. The fraction of sp³-hybridized carbons (Fsp3) is 0.571. The normalized spacial score (nSPS) is 15.9. The van der Waals surface area contributed by atoms with E-state index in [9.17, 15) is 0 Å². The molecule has 1 aromatic rings. The first-order valence-corrected chi connectivity index (χ1v) is 3.94. The number of hydrogen-bond acceptors (Lipinski definition) is 3. The smallest absolute Gasteiger partial charge is 0.152 e. The Hall–Kier alpha value is -1.39. The summed E-state index contributed by atoms with van der Waals surface area (Å²) in [6, 6.07) is 0. The Morgan fingerprint density at radius 2 is 2.42 bits per heavy atom. The van der Waals surface area contributed by atoms with Crippen LogP contribution in [0.1, 0.15) is 12.7 Å². The Labute approximate surface area is 70.5 Å². The summed E-state index contributed by atoms with van der Waals surface area (Å²) < 4.78 is 2.03. The van der Waals surface area contributed by atoms with E-state index < -0.39 is 0 Å². The maximum absolute atomic E-state index is 7.45. The molecule has 5 heteroatoms. The summed E-state index contributed by atoms with van der Waals surface area (Å²) in [7, 11) is 0. The zero-order chi connectivity index (χ0) is 8.55. The maximum Gasteiger partial charge on any atom is 0.152 e. The lowest BCUT2D eigenvalue weighted by atomic mass is 10.3. The van der Waals surface area contributed by atoms with Gasteiger partial charge in [-0.05, 0) is 6.92 Å². The summed E-state index contributed by atoms with van der Waals surface area (Å²) in [5.74, 6) is 1.55. The molecule has 12 heavy (non-hydrogen) atoms. The first kappa shape index (κ1) is 7.27. The Bertz CT molecular complexity index is 303.